The summed E-state index contributed by atoms with van der Waals surface area (Å²) in [4.78, 5) is 13.4. The molecule has 2 aliphatic rings. The zero-order valence-corrected chi connectivity index (χ0v) is 8.04. The molecule has 0 aromatic heterocycles. The number of carbonyl (C=O) groups excluding carboxylic acids is 1. The SMILES string of the molecule is NC(=O)[C@H]1CCCCN1CC1CC1. The number of carbonyl (C=O) groups is 1. The third-order valence-electron chi connectivity index (χ3n) is 3.13. The highest BCUT2D eigenvalue weighted by atomic mass is 16.1. The first-order valence-corrected chi connectivity index (χ1v) is 5.31. The molecular formula is C10H18N2O. The lowest BCUT2D eigenvalue weighted by Gasteiger charge is -2.33. The highest BCUT2D eigenvalue weighted by molar-refractivity contribution is 5.79. The van der Waals surface area contributed by atoms with Gasteiger partial charge in [-0.15, -0.1) is 0 Å². The predicted molar refractivity (Wildman–Crippen MR) is 51.1 cm³/mol. The van der Waals surface area contributed by atoms with Gasteiger partial charge in [-0.2, -0.15) is 0 Å². The zero-order valence-electron chi connectivity index (χ0n) is 8.04. The molecule has 1 saturated heterocycles. The van der Waals surface area contributed by atoms with Crippen LogP contribution in [0.3, 0.4) is 0 Å². The summed E-state index contributed by atoms with van der Waals surface area (Å²) >= 11 is 0. The van der Waals surface area contributed by atoms with Crippen molar-refractivity contribution in [2.24, 2.45) is 11.7 Å². The molecule has 0 unspecified atom stereocenters. The van der Waals surface area contributed by atoms with Crippen LogP contribution >= 0.6 is 0 Å². The highest BCUT2D eigenvalue weighted by Crippen LogP contribution is 2.31. The topological polar surface area (TPSA) is 46.3 Å². The number of primary amides is 1. The van der Waals surface area contributed by atoms with E-state index in [0.29, 0.717) is 0 Å². The van der Waals surface area contributed by atoms with Gasteiger partial charge in [-0.05, 0) is 38.1 Å². The average molecular weight is 182 g/mol. The molecular weight excluding hydrogens is 164 g/mol. The molecule has 2 rings (SSSR count). The van der Waals surface area contributed by atoms with Crippen LogP contribution in [0.15, 0.2) is 0 Å². The van der Waals surface area contributed by atoms with E-state index in [4.69, 9.17) is 5.73 Å². The van der Waals surface area contributed by atoms with Crippen LogP contribution < -0.4 is 5.73 Å². The molecule has 1 heterocycles. The van der Waals surface area contributed by atoms with E-state index in [1.807, 2.05) is 0 Å². The Kier molecular flexibility index (Phi) is 2.54. The molecule has 0 spiro atoms. The Balaban J connectivity index is 1.90. The number of hydrogen-bond donors (Lipinski definition) is 1. The van der Waals surface area contributed by atoms with Crippen molar-refractivity contribution in [1.82, 2.24) is 4.90 Å². The number of amides is 1. The molecule has 1 aliphatic heterocycles. The van der Waals surface area contributed by atoms with Crippen molar-refractivity contribution in [2.75, 3.05) is 13.1 Å². The molecule has 3 heteroatoms. The van der Waals surface area contributed by atoms with Gasteiger partial charge in [0.05, 0.1) is 6.04 Å². The normalized spacial score (nSPS) is 30.3. The second-order valence-corrected chi connectivity index (χ2v) is 4.35. The van der Waals surface area contributed by atoms with E-state index in [-0.39, 0.29) is 11.9 Å². The van der Waals surface area contributed by atoms with Crippen LogP contribution in [-0.4, -0.2) is 29.9 Å². The van der Waals surface area contributed by atoms with Crippen LogP contribution in [0.5, 0.6) is 0 Å². The van der Waals surface area contributed by atoms with Crippen LogP contribution in [-0.2, 0) is 4.79 Å². The van der Waals surface area contributed by atoms with Gasteiger partial charge >= 0.3 is 0 Å². The van der Waals surface area contributed by atoms with Crippen molar-refractivity contribution in [3.8, 4) is 0 Å². The molecule has 0 radical (unpaired) electrons. The molecule has 3 nitrogen and oxygen atoms in total. The summed E-state index contributed by atoms with van der Waals surface area (Å²) < 4.78 is 0. The van der Waals surface area contributed by atoms with Gasteiger partial charge in [0.25, 0.3) is 0 Å². The van der Waals surface area contributed by atoms with E-state index in [2.05, 4.69) is 4.90 Å². The van der Waals surface area contributed by atoms with Crippen molar-refractivity contribution in [2.45, 2.75) is 38.1 Å². The standard InChI is InChI=1S/C10H18N2O/c11-10(13)9-3-1-2-6-12(9)7-8-4-5-8/h8-9H,1-7H2,(H2,11,13)/t9-/m1/s1. The highest BCUT2D eigenvalue weighted by Gasteiger charge is 2.31. The maximum absolute atomic E-state index is 11.1. The number of nitrogens with two attached hydrogens (primary N) is 1. The van der Waals surface area contributed by atoms with Crippen LogP contribution in [0.4, 0.5) is 0 Å². The third-order valence-corrected chi connectivity index (χ3v) is 3.13. The maximum Gasteiger partial charge on any atom is 0.234 e. The molecule has 1 amide bonds. The fraction of sp³-hybridized carbons (Fsp3) is 0.900. The Bertz CT molecular complexity index is 201. The van der Waals surface area contributed by atoms with Crippen LogP contribution in [0.1, 0.15) is 32.1 Å². The van der Waals surface area contributed by atoms with E-state index in [0.717, 1.165) is 31.8 Å². The van der Waals surface area contributed by atoms with E-state index in [9.17, 15) is 4.79 Å². The quantitative estimate of drug-likeness (QED) is 0.699. The molecule has 74 valence electrons. The lowest BCUT2D eigenvalue weighted by Crippen LogP contribution is -2.48. The van der Waals surface area contributed by atoms with Crippen LogP contribution in [0.2, 0.25) is 0 Å². The first-order chi connectivity index (χ1) is 6.27. The van der Waals surface area contributed by atoms with Gasteiger partial charge in [-0.3, -0.25) is 9.69 Å². The summed E-state index contributed by atoms with van der Waals surface area (Å²) in [7, 11) is 0. The lowest BCUT2D eigenvalue weighted by atomic mass is 10.0. The number of nitrogens with zero attached hydrogens (tertiary/aromatic N) is 1. The minimum Gasteiger partial charge on any atom is -0.368 e. The first kappa shape index (κ1) is 9.00. The minimum atomic E-state index is -0.125. The average Bonchev–Trinajstić information content (AvgIpc) is 2.89. The second kappa shape index (κ2) is 3.66. The number of hydrogen-bond acceptors (Lipinski definition) is 2. The van der Waals surface area contributed by atoms with Gasteiger partial charge in [0.15, 0.2) is 0 Å². The summed E-state index contributed by atoms with van der Waals surface area (Å²) in [6.07, 6.45) is 6.07. The smallest absolute Gasteiger partial charge is 0.234 e. The fourth-order valence-electron chi connectivity index (χ4n) is 2.16. The monoisotopic (exact) mass is 182 g/mol. The van der Waals surface area contributed by atoms with Gasteiger partial charge in [-0.25, -0.2) is 0 Å². The molecule has 2 N–H and O–H groups in total. The van der Waals surface area contributed by atoms with Crippen LogP contribution in [0.25, 0.3) is 0 Å². The summed E-state index contributed by atoms with van der Waals surface area (Å²) in [5.74, 6) is 0.736. The van der Waals surface area contributed by atoms with Gasteiger partial charge in [-0.1, -0.05) is 6.42 Å². The first-order valence-electron chi connectivity index (χ1n) is 5.31. The summed E-state index contributed by atoms with van der Waals surface area (Å²) in [5.41, 5.74) is 5.37. The minimum absolute atomic E-state index is 0.0364. The second-order valence-electron chi connectivity index (χ2n) is 4.35. The molecule has 0 aromatic rings. The molecule has 13 heavy (non-hydrogen) atoms. The molecule has 0 aromatic carbocycles. The van der Waals surface area contributed by atoms with E-state index in [1.54, 1.807) is 0 Å². The number of piperidine rings is 1. The molecule has 1 atom stereocenters. The third kappa shape index (κ3) is 2.21. The number of likely N-dealkylation sites (tertiary alicyclic amines) is 1. The van der Waals surface area contributed by atoms with Crippen molar-refractivity contribution >= 4 is 5.91 Å². The van der Waals surface area contributed by atoms with Gasteiger partial charge in [0.1, 0.15) is 0 Å². The Hall–Kier alpha value is -0.570. The summed E-state index contributed by atoms with van der Waals surface area (Å²) in [6.45, 7) is 2.18. The van der Waals surface area contributed by atoms with E-state index in [1.165, 1.54) is 19.3 Å². The van der Waals surface area contributed by atoms with Crippen molar-refractivity contribution in [1.29, 1.82) is 0 Å². The largest absolute Gasteiger partial charge is 0.368 e. The Morgan fingerprint density at radius 1 is 1.31 bits per heavy atom. The lowest BCUT2D eigenvalue weighted by molar-refractivity contribution is -0.124. The molecule has 0 bridgehead atoms. The zero-order chi connectivity index (χ0) is 9.26. The van der Waals surface area contributed by atoms with Crippen LogP contribution in [0, 0.1) is 5.92 Å². The number of rotatable bonds is 3. The predicted octanol–water partition coefficient (Wildman–Crippen LogP) is 0.736. The van der Waals surface area contributed by atoms with E-state index < -0.39 is 0 Å². The molecule has 2 fully saturated rings. The maximum atomic E-state index is 11.1. The van der Waals surface area contributed by atoms with Crippen molar-refractivity contribution in [3.05, 3.63) is 0 Å². The Morgan fingerprint density at radius 2 is 2.08 bits per heavy atom. The van der Waals surface area contributed by atoms with Gasteiger partial charge in [0, 0.05) is 6.54 Å². The summed E-state index contributed by atoms with van der Waals surface area (Å²) in [5, 5.41) is 0. The Morgan fingerprint density at radius 3 is 2.69 bits per heavy atom. The Labute approximate surface area is 79.3 Å². The molecule has 1 saturated carbocycles. The van der Waals surface area contributed by atoms with Gasteiger partial charge < -0.3 is 5.73 Å². The van der Waals surface area contributed by atoms with Crippen molar-refractivity contribution in [3.63, 3.8) is 0 Å². The fourth-order valence-corrected chi connectivity index (χ4v) is 2.16. The van der Waals surface area contributed by atoms with Gasteiger partial charge in [0.2, 0.25) is 5.91 Å². The molecule has 1 aliphatic carbocycles. The van der Waals surface area contributed by atoms with E-state index >= 15 is 0 Å². The summed E-state index contributed by atoms with van der Waals surface area (Å²) in [6, 6.07) is 0.0364. The van der Waals surface area contributed by atoms with Crippen molar-refractivity contribution < 1.29 is 4.79 Å².